The molecule has 3 heterocycles. The molecule has 42 heavy (non-hydrogen) atoms. The van der Waals surface area contributed by atoms with E-state index in [2.05, 4.69) is 0 Å². The summed E-state index contributed by atoms with van der Waals surface area (Å²) in [5, 5.41) is 2.07. The molecule has 1 fully saturated rings. The van der Waals surface area contributed by atoms with Crippen molar-refractivity contribution in [1.29, 1.82) is 0 Å². The van der Waals surface area contributed by atoms with E-state index in [-0.39, 0.29) is 22.0 Å². The Hall–Kier alpha value is -4.30. The van der Waals surface area contributed by atoms with Crippen molar-refractivity contribution in [2.24, 2.45) is 0 Å². The van der Waals surface area contributed by atoms with Crippen LogP contribution in [0.1, 0.15) is 27.7 Å². The minimum absolute atomic E-state index is 0.0164. The predicted molar refractivity (Wildman–Crippen MR) is 142 cm³/mol. The van der Waals surface area contributed by atoms with Crippen LogP contribution in [-0.2, 0) is 47.6 Å². The van der Waals surface area contributed by atoms with Crippen LogP contribution < -0.4 is 16.3 Å². The molecule has 2 aliphatic rings. The number of rotatable bonds is 8. The van der Waals surface area contributed by atoms with Gasteiger partial charge in [-0.05, 0) is 29.7 Å². The Morgan fingerprint density at radius 1 is 0.929 bits per heavy atom. The normalized spacial score (nSPS) is 24.8. The van der Waals surface area contributed by atoms with Crippen molar-refractivity contribution in [2.45, 2.75) is 64.6 Å². The van der Waals surface area contributed by atoms with Gasteiger partial charge in [0.15, 0.2) is 12.2 Å². The molecular formula is C28H27FO12S. The van der Waals surface area contributed by atoms with E-state index in [0.717, 1.165) is 33.8 Å². The molecule has 1 aliphatic heterocycles. The van der Waals surface area contributed by atoms with Gasteiger partial charge in [0.1, 0.15) is 30.1 Å². The highest BCUT2D eigenvalue weighted by atomic mass is 32.1. The maximum atomic E-state index is 15.1. The van der Waals surface area contributed by atoms with Crippen LogP contribution >= 0.6 is 11.3 Å². The fourth-order valence-electron chi connectivity index (χ4n) is 4.39. The fraction of sp³-hybridized carbons (Fsp3) is 0.393. The van der Waals surface area contributed by atoms with Crippen LogP contribution in [0.25, 0.3) is 22.6 Å². The zero-order valence-electron chi connectivity index (χ0n) is 22.9. The number of alkyl halides is 1. The summed E-state index contributed by atoms with van der Waals surface area (Å²) in [4.78, 5) is 60.9. The van der Waals surface area contributed by atoms with Crippen molar-refractivity contribution < 1.29 is 56.4 Å². The van der Waals surface area contributed by atoms with Gasteiger partial charge in [0.2, 0.25) is 12.4 Å². The summed E-state index contributed by atoms with van der Waals surface area (Å²) in [5.74, 6) is -3.32. The van der Waals surface area contributed by atoms with E-state index in [0.29, 0.717) is 4.88 Å². The van der Waals surface area contributed by atoms with Gasteiger partial charge in [0.05, 0.1) is 5.56 Å². The van der Waals surface area contributed by atoms with Gasteiger partial charge in [-0.3, -0.25) is 19.2 Å². The maximum Gasteiger partial charge on any atom is 0.345 e. The Bertz CT molecular complexity index is 1560. The number of allylic oxidation sites excluding steroid dienone is 2. The summed E-state index contributed by atoms with van der Waals surface area (Å²) in [6.07, 6.45) is -5.46. The minimum atomic E-state index is -1.72. The summed E-state index contributed by atoms with van der Waals surface area (Å²) >= 11 is 1.32. The molecule has 1 aliphatic carbocycles. The topological polar surface area (TPSA) is 154 Å². The number of hydrogen-bond donors (Lipinski definition) is 0. The molecule has 2 aromatic heterocycles. The van der Waals surface area contributed by atoms with E-state index in [1.807, 2.05) is 0 Å². The lowest BCUT2D eigenvalue weighted by Crippen LogP contribution is -2.62. The number of fused-ring (bicyclic) bond motifs is 1. The SMILES string of the molecule is CC(=O)OCC1OC(OC2=CC(F)C=c3cc(-c4cccs4)c(=O)oc3=C2)C(OC(C)=O)C(OC(C)=O)C1OC(C)=O. The zero-order chi connectivity index (χ0) is 30.6. The van der Waals surface area contributed by atoms with Crippen molar-refractivity contribution in [3.63, 3.8) is 0 Å². The molecule has 14 heteroatoms. The van der Waals surface area contributed by atoms with Crippen molar-refractivity contribution in [2.75, 3.05) is 6.61 Å². The first-order valence-corrected chi connectivity index (χ1v) is 13.5. The lowest BCUT2D eigenvalue weighted by Gasteiger charge is -2.44. The molecule has 2 aromatic rings. The van der Waals surface area contributed by atoms with Crippen LogP contribution in [0.15, 0.2) is 44.6 Å². The molecule has 0 bridgehead atoms. The van der Waals surface area contributed by atoms with Crippen LogP contribution in [0.3, 0.4) is 0 Å². The molecular weight excluding hydrogens is 579 g/mol. The molecule has 6 atom stereocenters. The van der Waals surface area contributed by atoms with Gasteiger partial charge < -0.3 is 32.8 Å². The number of carbonyl (C=O) groups excluding carboxylic acids is 4. The highest BCUT2D eigenvalue weighted by Crippen LogP contribution is 2.31. The average molecular weight is 607 g/mol. The van der Waals surface area contributed by atoms with Gasteiger partial charge in [-0.2, -0.15) is 0 Å². The van der Waals surface area contributed by atoms with Crippen molar-refractivity contribution in [3.8, 4) is 10.4 Å². The summed E-state index contributed by atoms with van der Waals surface area (Å²) in [7, 11) is 0. The standard InChI is InChI=1S/C28H27FO12S/c1-13(30)35-12-22-24(36-14(2)31)25(37-15(3)32)26(38-16(4)33)28(41-22)39-19-10-18(29)8-17-9-20(23-6-5-7-42-23)27(34)40-21(17)11-19/h5-11,18,22,24-26,28H,12H2,1-4H3. The van der Waals surface area contributed by atoms with Gasteiger partial charge in [-0.25, -0.2) is 9.18 Å². The fourth-order valence-corrected chi connectivity index (χ4v) is 5.12. The first-order chi connectivity index (χ1) is 19.9. The molecule has 0 spiro atoms. The zero-order valence-corrected chi connectivity index (χ0v) is 23.7. The Morgan fingerprint density at radius 2 is 1.60 bits per heavy atom. The second-order valence-electron chi connectivity index (χ2n) is 9.25. The number of esters is 4. The van der Waals surface area contributed by atoms with E-state index in [4.69, 9.17) is 32.8 Å². The molecule has 4 rings (SSSR count). The Balaban J connectivity index is 1.74. The number of ether oxygens (including phenoxy) is 6. The van der Waals surface area contributed by atoms with Crippen molar-refractivity contribution >= 4 is 47.4 Å². The molecule has 0 N–H and O–H groups in total. The number of halogens is 1. The van der Waals surface area contributed by atoms with Gasteiger partial charge in [0.25, 0.3) is 0 Å². The van der Waals surface area contributed by atoms with Crippen molar-refractivity contribution in [3.05, 3.63) is 56.5 Å². The minimum Gasteiger partial charge on any atom is -0.463 e. The molecule has 1 saturated heterocycles. The number of hydrogen-bond acceptors (Lipinski definition) is 13. The third kappa shape index (κ3) is 7.50. The van der Waals surface area contributed by atoms with Crippen molar-refractivity contribution in [1.82, 2.24) is 0 Å². The molecule has 0 amide bonds. The second-order valence-corrected chi connectivity index (χ2v) is 10.2. The third-order valence-electron chi connectivity index (χ3n) is 5.93. The van der Waals surface area contributed by atoms with E-state index < -0.39 is 73.0 Å². The van der Waals surface area contributed by atoms with Gasteiger partial charge >= 0.3 is 29.5 Å². The first-order valence-electron chi connectivity index (χ1n) is 12.7. The Morgan fingerprint density at radius 3 is 2.21 bits per heavy atom. The monoisotopic (exact) mass is 606 g/mol. The summed E-state index contributed by atoms with van der Waals surface area (Å²) in [6.45, 7) is 3.92. The third-order valence-corrected chi connectivity index (χ3v) is 6.83. The highest BCUT2D eigenvalue weighted by Gasteiger charge is 2.53. The maximum absolute atomic E-state index is 15.1. The van der Waals surface area contributed by atoms with Crippen LogP contribution in [-0.4, -0.2) is 67.4 Å². The molecule has 0 aromatic carbocycles. The number of thiophene rings is 1. The molecule has 12 nitrogen and oxygen atoms in total. The lowest BCUT2D eigenvalue weighted by molar-refractivity contribution is -0.298. The van der Waals surface area contributed by atoms with Crippen LogP contribution in [0, 0.1) is 0 Å². The molecule has 6 unspecified atom stereocenters. The van der Waals surface area contributed by atoms with E-state index in [1.165, 1.54) is 29.6 Å². The Labute approximate surface area is 241 Å². The van der Waals surface area contributed by atoms with E-state index in [1.54, 1.807) is 17.5 Å². The largest absolute Gasteiger partial charge is 0.463 e. The summed E-state index contributed by atoms with van der Waals surface area (Å²) in [5.41, 5.74) is -0.424. The first kappa shape index (κ1) is 30.7. The second kappa shape index (κ2) is 13.1. The van der Waals surface area contributed by atoms with Gasteiger partial charge in [-0.15, -0.1) is 11.3 Å². The van der Waals surface area contributed by atoms with Crippen LogP contribution in [0.2, 0.25) is 0 Å². The lowest BCUT2D eigenvalue weighted by atomic mass is 9.98. The van der Waals surface area contributed by atoms with E-state index >= 15 is 4.39 Å². The Kier molecular flexibility index (Phi) is 9.58. The average Bonchev–Trinajstić information content (AvgIpc) is 3.36. The summed E-state index contributed by atoms with van der Waals surface area (Å²) in [6, 6.07) is 5.00. The van der Waals surface area contributed by atoms with Crippen LogP contribution in [0.4, 0.5) is 4.39 Å². The predicted octanol–water partition coefficient (Wildman–Crippen LogP) is 1.26. The summed E-state index contributed by atoms with van der Waals surface area (Å²) < 4.78 is 53.5. The molecule has 0 radical (unpaired) electrons. The van der Waals surface area contributed by atoms with Gasteiger partial charge in [0, 0.05) is 43.9 Å². The quantitative estimate of drug-likeness (QED) is 0.314. The van der Waals surface area contributed by atoms with Gasteiger partial charge in [-0.1, -0.05) is 6.07 Å². The van der Waals surface area contributed by atoms with Crippen LogP contribution in [0.5, 0.6) is 0 Å². The molecule has 0 saturated carbocycles. The number of carbonyl (C=O) groups is 4. The molecule has 224 valence electrons. The van der Waals surface area contributed by atoms with E-state index in [9.17, 15) is 24.0 Å². The smallest absolute Gasteiger partial charge is 0.345 e. The highest BCUT2D eigenvalue weighted by molar-refractivity contribution is 7.13.